The number of methoxy groups -OCH3 is 1. The van der Waals surface area contributed by atoms with Gasteiger partial charge in [-0.1, -0.05) is 0 Å². The van der Waals surface area contributed by atoms with E-state index in [1.807, 2.05) is 0 Å². The number of fused-ring (bicyclic) bond motifs is 2. The Labute approximate surface area is 66.3 Å². The molecule has 2 heterocycles. The smallest absolute Gasteiger partial charge is 0.0863 e. The molecule has 0 amide bonds. The monoisotopic (exact) mass is 158 g/mol. The van der Waals surface area contributed by atoms with Crippen molar-refractivity contribution in [3.05, 3.63) is 0 Å². The molecule has 1 N–H and O–H groups in total. The van der Waals surface area contributed by atoms with Gasteiger partial charge in [-0.05, 0) is 6.42 Å². The third-order valence-electron chi connectivity index (χ3n) is 2.66. The van der Waals surface area contributed by atoms with Crippen molar-refractivity contribution in [3.8, 4) is 0 Å². The molecule has 0 aromatic rings. The maximum absolute atomic E-state index is 9.43. The van der Waals surface area contributed by atoms with Gasteiger partial charge in [0.25, 0.3) is 0 Å². The Morgan fingerprint density at radius 3 is 2.82 bits per heavy atom. The van der Waals surface area contributed by atoms with E-state index in [1.54, 1.807) is 7.11 Å². The molecule has 3 nitrogen and oxygen atoms in total. The zero-order chi connectivity index (χ0) is 7.84. The standard InChI is InChI=1S/C8H14O3/c1-10-5-2-6-3-7(9)8(4-5)11-6/h5-9H,2-4H2,1H3/t5-,6-,7-,8+/m1/s1. The van der Waals surface area contributed by atoms with E-state index in [9.17, 15) is 5.11 Å². The molecule has 2 aliphatic heterocycles. The summed E-state index contributed by atoms with van der Waals surface area (Å²) in [5, 5.41) is 9.43. The molecule has 2 saturated heterocycles. The normalized spacial score (nSPS) is 49.6. The largest absolute Gasteiger partial charge is 0.390 e. The second-order valence-electron chi connectivity index (χ2n) is 3.43. The summed E-state index contributed by atoms with van der Waals surface area (Å²) in [4.78, 5) is 0. The average Bonchev–Trinajstić information content (AvgIpc) is 2.26. The van der Waals surface area contributed by atoms with Crippen molar-refractivity contribution >= 4 is 0 Å². The summed E-state index contributed by atoms with van der Waals surface area (Å²) in [5.74, 6) is 0. The highest BCUT2D eigenvalue weighted by Gasteiger charge is 2.41. The second kappa shape index (κ2) is 2.73. The van der Waals surface area contributed by atoms with Crippen LogP contribution < -0.4 is 0 Å². The predicted molar refractivity (Wildman–Crippen MR) is 39.3 cm³/mol. The van der Waals surface area contributed by atoms with Crippen LogP contribution >= 0.6 is 0 Å². The maximum Gasteiger partial charge on any atom is 0.0863 e. The molecule has 2 rings (SSSR count). The van der Waals surface area contributed by atoms with Gasteiger partial charge in [0.05, 0.1) is 24.4 Å². The van der Waals surface area contributed by atoms with Gasteiger partial charge >= 0.3 is 0 Å². The van der Waals surface area contributed by atoms with Crippen LogP contribution in [-0.2, 0) is 9.47 Å². The lowest BCUT2D eigenvalue weighted by molar-refractivity contribution is -0.0816. The van der Waals surface area contributed by atoms with Gasteiger partial charge in [-0.2, -0.15) is 0 Å². The Bertz CT molecular complexity index is 146. The maximum atomic E-state index is 9.43. The van der Waals surface area contributed by atoms with Crippen LogP contribution in [0.25, 0.3) is 0 Å². The van der Waals surface area contributed by atoms with E-state index in [4.69, 9.17) is 9.47 Å². The molecule has 0 radical (unpaired) electrons. The highest BCUT2D eigenvalue weighted by atomic mass is 16.5. The zero-order valence-corrected chi connectivity index (χ0v) is 6.69. The van der Waals surface area contributed by atoms with Crippen LogP contribution in [-0.4, -0.2) is 36.6 Å². The number of aliphatic hydroxyl groups excluding tert-OH is 1. The van der Waals surface area contributed by atoms with Gasteiger partial charge in [-0.15, -0.1) is 0 Å². The van der Waals surface area contributed by atoms with Crippen molar-refractivity contribution in [1.82, 2.24) is 0 Å². The van der Waals surface area contributed by atoms with Crippen LogP contribution in [0.3, 0.4) is 0 Å². The molecule has 0 unspecified atom stereocenters. The van der Waals surface area contributed by atoms with Gasteiger partial charge in [0, 0.05) is 20.0 Å². The first-order chi connectivity index (χ1) is 5.29. The van der Waals surface area contributed by atoms with Crippen LogP contribution in [0.5, 0.6) is 0 Å². The Morgan fingerprint density at radius 1 is 1.36 bits per heavy atom. The molecule has 0 saturated carbocycles. The van der Waals surface area contributed by atoms with Gasteiger partial charge in [-0.25, -0.2) is 0 Å². The SMILES string of the molecule is CO[C@@H]1C[C@@H]2C[C@@H](O)[C@H](C1)O2. The second-order valence-corrected chi connectivity index (χ2v) is 3.43. The van der Waals surface area contributed by atoms with E-state index < -0.39 is 0 Å². The summed E-state index contributed by atoms with van der Waals surface area (Å²) < 4.78 is 10.7. The van der Waals surface area contributed by atoms with E-state index in [-0.39, 0.29) is 18.3 Å². The third kappa shape index (κ3) is 1.28. The molecular formula is C8H14O3. The highest BCUT2D eigenvalue weighted by molar-refractivity contribution is 4.90. The minimum atomic E-state index is -0.250. The number of hydrogen-bond donors (Lipinski definition) is 1. The lowest BCUT2D eigenvalue weighted by Gasteiger charge is -2.27. The number of aliphatic hydroxyl groups is 1. The number of ether oxygens (including phenoxy) is 2. The molecular weight excluding hydrogens is 144 g/mol. The van der Waals surface area contributed by atoms with Crippen molar-refractivity contribution in [2.45, 2.75) is 43.7 Å². The molecule has 4 atom stereocenters. The fourth-order valence-electron chi connectivity index (χ4n) is 2.02. The van der Waals surface area contributed by atoms with Gasteiger partial charge in [0.15, 0.2) is 0 Å². The summed E-state index contributed by atoms with van der Waals surface area (Å²) in [6.45, 7) is 0. The van der Waals surface area contributed by atoms with Crippen molar-refractivity contribution in [3.63, 3.8) is 0 Å². The van der Waals surface area contributed by atoms with E-state index in [0.29, 0.717) is 6.10 Å². The van der Waals surface area contributed by atoms with Crippen LogP contribution in [0.2, 0.25) is 0 Å². The minimum absolute atomic E-state index is 0.0405. The van der Waals surface area contributed by atoms with Gasteiger partial charge in [0.1, 0.15) is 0 Å². The third-order valence-corrected chi connectivity index (χ3v) is 2.66. The van der Waals surface area contributed by atoms with Gasteiger partial charge < -0.3 is 14.6 Å². The van der Waals surface area contributed by atoms with E-state index in [1.165, 1.54) is 0 Å². The van der Waals surface area contributed by atoms with Crippen LogP contribution in [0.4, 0.5) is 0 Å². The molecule has 2 aliphatic rings. The molecule has 0 aromatic heterocycles. The van der Waals surface area contributed by atoms with Crippen molar-refractivity contribution in [2.75, 3.05) is 7.11 Å². The van der Waals surface area contributed by atoms with Crippen LogP contribution in [0.1, 0.15) is 19.3 Å². The Hall–Kier alpha value is -0.120. The highest BCUT2D eigenvalue weighted by Crippen LogP contribution is 2.33. The molecule has 0 spiro atoms. The average molecular weight is 158 g/mol. The summed E-state index contributed by atoms with van der Waals surface area (Å²) >= 11 is 0. The molecule has 0 aliphatic carbocycles. The lowest BCUT2D eigenvalue weighted by atomic mass is 10.1. The predicted octanol–water partition coefficient (Wildman–Crippen LogP) is 0.314. The van der Waals surface area contributed by atoms with E-state index in [2.05, 4.69) is 0 Å². The Balaban J connectivity index is 2.00. The molecule has 0 aromatic carbocycles. The quantitative estimate of drug-likeness (QED) is 0.597. The minimum Gasteiger partial charge on any atom is -0.390 e. The van der Waals surface area contributed by atoms with E-state index in [0.717, 1.165) is 19.3 Å². The fourth-order valence-corrected chi connectivity index (χ4v) is 2.02. The molecule has 64 valence electrons. The Morgan fingerprint density at radius 2 is 2.18 bits per heavy atom. The molecule has 3 heteroatoms. The molecule has 2 bridgehead atoms. The molecule has 11 heavy (non-hydrogen) atoms. The first-order valence-electron chi connectivity index (χ1n) is 4.16. The zero-order valence-electron chi connectivity index (χ0n) is 6.69. The molecule has 2 fully saturated rings. The first kappa shape index (κ1) is 7.53. The van der Waals surface area contributed by atoms with Gasteiger partial charge in [-0.3, -0.25) is 0 Å². The summed E-state index contributed by atoms with van der Waals surface area (Å²) in [6.07, 6.45) is 2.94. The van der Waals surface area contributed by atoms with Crippen molar-refractivity contribution in [2.24, 2.45) is 0 Å². The lowest BCUT2D eigenvalue weighted by Crippen LogP contribution is -2.32. The fraction of sp³-hybridized carbons (Fsp3) is 1.00. The summed E-state index contributed by atoms with van der Waals surface area (Å²) in [5.41, 5.74) is 0. The summed E-state index contributed by atoms with van der Waals surface area (Å²) in [7, 11) is 1.72. The van der Waals surface area contributed by atoms with Crippen LogP contribution in [0.15, 0.2) is 0 Å². The Kier molecular flexibility index (Phi) is 1.87. The topological polar surface area (TPSA) is 38.7 Å². The van der Waals surface area contributed by atoms with Crippen molar-refractivity contribution < 1.29 is 14.6 Å². The van der Waals surface area contributed by atoms with E-state index >= 15 is 0 Å². The summed E-state index contributed by atoms with van der Waals surface area (Å²) in [6, 6.07) is 0. The van der Waals surface area contributed by atoms with Crippen LogP contribution in [0, 0.1) is 0 Å². The number of rotatable bonds is 1. The van der Waals surface area contributed by atoms with Crippen molar-refractivity contribution in [1.29, 1.82) is 0 Å². The first-order valence-corrected chi connectivity index (χ1v) is 4.16. The number of hydrogen-bond acceptors (Lipinski definition) is 3. The van der Waals surface area contributed by atoms with Gasteiger partial charge in [0.2, 0.25) is 0 Å².